The number of carbonyl (C=O) groups is 2. The van der Waals surface area contributed by atoms with Crippen LogP contribution >= 0.6 is 0 Å². The second kappa shape index (κ2) is 5.73. The Hall–Kier alpha value is -2.04. The molecule has 6 aliphatic rings. The number of alkyl carbamates (subject to hydrolysis) is 1. The van der Waals surface area contributed by atoms with Crippen molar-refractivity contribution in [1.29, 1.82) is 0 Å². The molecule has 1 N–H and O–H groups in total. The molecular weight excluding hydrogens is 330 g/mol. The first-order valence-corrected chi connectivity index (χ1v) is 9.67. The second-order valence-electron chi connectivity index (χ2n) is 8.51. The van der Waals surface area contributed by atoms with Gasteiger partial charge < -0.3 is 14.8 Å². The van der Waals surface area contributed by atoms with Gasteiger partial charge in [0.2, 0.25) is 0 Å². The lowest BCUT2D eigenvalue weighted by Gasteiger charge is -2.55. The van der Waals surface area contributed by atoms with Crippen molar-refractivity contribution < 1.29 is 19.1 Å². The summed E-state index contributed by atoms with van der Waals surface area (Å²) in [6.45, 7) is 2.54. The van der Waals surface area contributed by atoms with Crippen LogP contribution in [-0.4, -0.2) is 25.2 Å². The fraction of sp³-hybridized carbons (Fsp3) is 0.619. The van der Waals surface area contributed by atoms with Gasteiger partial charge >= 0.3 is 12.1 Å². The van der Waals surface area contributed by atoms with Gasteiger partial charge in [-0.1, -0.05) is 37.3 Å². The summed E-state index contributed by atoms with van der Waals surface area (Å²) in [5, 5.41) is 3.05. The summed E-state index contributed by atoms with van der Waals surface area (Å²) in [6, 6.07) is 9.47. The smallest absolute Gasteiger partial charge is 0.407 e. The molecule has 9 atom stereocenters. The monoisotopic (exact) mass is 355 g/mol. The SMILES string of the molecule is COC(=O)C1C(NC(=O)OCc2ccccc2)C2C(C)C3CC4C2C4C31. The Morgan fingerprint density at radius 2 is 1.81 bits per heavy atom. The van der Waals surface area contributed by atoms with Crippen molar-refractivity contribution >= 4 is 12.1 Å². The van der Waals surface area contributed by atoms with Crippen molar-refractivity contribution in [3.63, 3.8) is 0 Å². The Balaban J connectivity index is 1.32. The van der Waals surface area contributed by atoms with E-state index in [2.05, 4.69) is 12.2 Å². The summed E-state index contributed by atoms with van der Waals surface area (Å²) in [5.41, 5.74) is 0.953. The van der Waals surface area contributed by atoms with Crippen LogP contribution in [0.5, 0.6) is 0 Å². The number of carbonyl (C=O) groups excluding carboxylic acids is 2. The van der Waals surface area contributed by atoms with Crippen LogP contribution in [0.3, 0.4) is 0 Å². The lowest BCUT2D eigenvalue weighted by atomic mass is 9.52. The van der Waals surface area contributed by atoms with E-state index >= 15 is 0 Å². The van der Waals surface area contributed by atoms with Crippen molar-refractivity contribution in [2.45, 2.75) is 26.0 Å². The van der Waals surface area contributed by atoms with Crippen LogP contribution in [0.2, 0.25) is 0 Å². The third-order valence-electron chi connectivity index (χ3n) is 7.69. The molecule has 1 aromatic rings. The van der Waals surface area contributed by atoms with Gasteiger partial charge in [0.05, 0.1) is 13.0 Å². The molecule has 1 amide bonds. The first-order chi connectivity index (χ1) is 12.6. The number of ether oxygens (including phenoxy) is 2. The first-order valence-electron chi connectivity index (χ1n) is 9.67. The molecule has 5 heteroatoms. The normalized spacial score (nSPS) is 43.7. The first kappa shape index (κ1) is 16.2. The maximum atomic E-state index is 12.5. The molecule has 0 heterocycles. The topological polar surface area (TPSA) is 64.6 Å². The van der Waals surface area contributed by atoms with Gasteiger partial charge in [-0.05, 0) is 53.4 Å². The number of methoxy groups -OCH3 is 1. The molecule has 6 saturated carbocycles. The van der Waals surface area contributed by atoms with Crippen LogP contribution in [0, 0.1) is 47.3 Å². The van der Waals surface area contributed by atoms with Crippen LogP contribution < -0.4 is 5.32 Å². The fourth-order valence-corrected chi connectivity index (χ4v) is 6.86. The molecule has 0 radical (unpaired) electrons. The zero-order valence-electron chi connectivity index (χ0n) is 15.1. The minimum atomic E-state index is -0.432. The maximum absolute atomic E-state index is 12.5. The van der Waals surface area contributed by atoms with E-state index in [0.717, 1.165) is 11.5 Å². The second-order valence-corrected chi connectivity index (χ2v) is 8.51. The van der Waals surface area contributed by atoms with Crippen molar-refractivity contribution in [2.24, 2.45) is 47.3 Å². The average molecular weight is 355 g/mol. The van der Waals surface area contributed by atoms with Crippen LogP contribution in [0.25, 0.3) is 0 Å². The molecule has 9 unspecified atom stereocenters. The van der Waals surface area contributed by atoms with Crippen molar-refractivity contribution in [3.8, 4) is 0 Å². The van der Waals surface area contributed by atoms with E-state index in [1.54, 1.807) is 0 Å². The van der Waals surface area contributed by atoms with Crippen LogP contribution in [-0.2, 0) is 20.9 Å². The van der Waals surface area contributed by atoms with E-state index < -0.39 is 6.09 Å². The quantitative estimate of drug-likeness (QED) is 0.844. The summed E-state index contributed by atoms with van der Waals surface area (Å²) in [7, 11) is 1.45. The standard InChI is InChI=1S/C21H25NO4/c1-10-12-8-13-16-14(10)19(18(20(23)25-2)15(12)17(13)16)22-21(24)26-9-11-6-4-3-5-7-11/h3-7,10,12-19H,8-9H2,1-2H3,(H,22,24). The van der Waals surface area contributed by atoms with E-state index in [4.69, 9.17) is 9.47 Å². The number of amides is 1. The maximum Gasteiger partial charge on any atom is 0.407 e. The molecule has 6 aliphatic carbocycles. The largest absolute Gasteiger partial charge is 0.469 e. The average Bonchev–Trinajstić information content (AvgIpc) is 3.25. The third-order valence-corrected chi connectivity index (χ3v) is 7.69. The van der Waals surface area contributed by atoms with Gasteiger partial charge in [-0.15, -0.1) is 0 Å². The van der Waals surface area contributed by atoms with E-state index in [9.17, 15) is 9.59 Å². The van der Waals surface area contributed by atoms with Gasteiger partial charge in [0.25, 0.3) is 0 Å². The highest BCUT2D eigenvalue weighted by atomic mass is 16.5. The molecule has 0 aliphatic heterocycles. The summed E-state index contributed by atoms with van der Waals surface area (Å²) in [4.78, 5) is 25.0. The molecule has 0 spiro atoms. The Morgan fingerprint density at radius 3 is 2.54 bits per heavy atom. The molecule has 1 aromatic carbocycles. The third kappa shape index (κ3) is 2.15. The molecule has 138 valence electrons. The van der Waals surface area contributed by atoms with Gasteiger partial charge in [0, 0.05) is 6.04 Å². The van der Waals surface area contributed by atoms with Gasteiger partial charge in [-0.2, -0.15) is 0 Å². The van der Waals surface area contributed by atoms with E-state index in [1.807, 2.05) is 30.3 Å². The molecule has 6 fully saturated rings. The molecular formula is C21H25NO4. The number of hydrogen-bond donors (Lipinski definition) is 1. The molecule has 0 aromatic heterocycles. The van der Waals surface area contributed by atoms with Gasteiger partial charge in [0.1, 0.15) is 6.61 Å². The number of fused-ring (bicyclic) bond motifs is 1. The molecule has 5 nitrogen and oxygen atoms in total. The Bertz CT molecular complexity index is 733. The number of rotatable bonds is 4. The minimum Gasteiger partial charge on any atom is -0.469 e. The van der Waals surface area contributed by atoms with Gasteiger partial charge in [0.15, 0.2) is 0 Å². The summed E-state index contributed by atoms with van der Waals surface area (Å²) in [6.07, 6.45) is 0.828. The molecule has 26 heavy (non-hydrogen) atoms. The summed E-state index contributed by atoms with van der Waals surface area (Å²) in [5.74, 6) is 3.66. The lowest BCUT2D eigenvalue weighted by molar-refractivity contribution is -0.160. The van der Waals surface area contributed by atoms with Crippen molar-refractivity contribution in [3.05, 3.63) is 35.9 Å². The fourth-order valence-electron chi connectivity index (χ4n) is 6.86. The van der Waals surface area contributed by atoms with E-state index in [0.29, 0.717) is 35.5 Å². The van der Waals surface area contributed by atoms with Crippen LogP contribution in [0.15, 0.2) is 30.3 Å². The predicted molar refractivity (Wildman–Crippen MR) is 93.8 cm³/mol. The summed E-state index contributed by atoms with van der Waals surface area (Å²) >= 11 is 0. The lowest BCUT2D eigenvalue weighted by Crippen LogP contribution is -2.63. The number of esters is 1. The highest BCUT2D eigenvalue weighted by Crippen LogP contribution is 2.78. The zero-order chi connectivity index (χ0) is 18.0. The molecule has 0 saturated heterocycles. The zero-order valence-corrected chi connectivity index (χ0v) is 15.1. The minimum absolute atomic E-state index is 0.159. The number of hydrogen-bond acceptors (Lipinski definition) is 4. The van der Waals surface area contributed by atoms with Crippen LogP contribution in [0.4, 0.5) is 4.79 Å². The van der Waals surface area contributed by atoms with Crippen LogP contribution in [0.1, 0.15) is 18.9 Å². The van der Waals surface area contributed by atoms with Crippen molar-refractivity contribution in [2.75, 3.05) is 7.11 Å². The van der Waals surface area contributed by atoms with E-state index in [-0.39, 0.29) is 24.5 Å². The number of nitrogens with one attached hydrogen (secondary N) is 1. The van der Waals surface area contributed by atoms with Gasteiger partial charge in [-0.3, -0.25) is 4.79 Å². The summed E-state index contributed by atoms with van der Waals surface area (Å²) < 4.78 is 10.5. The Morgan fingerprint density at radius 1 is 1.08 bits per heavy atom. The van der Waals surface area contributed by atoms with Gasteiger partial charge in [-0.25, -0.2) is 4.79 Å². The highest BCUT2D eigenvalue weighted by Gasteiger charge is 2.78. The number of benzene rings is 1. The van der Waals surface area contributed by atoms with Crippen molar-refractivity contribution in [1.82, 2.24) is 5.32 Å². The Kier molecular flexibility index (Phi) is 3.56. The predicted octanol–water partition coefficient (Wildman–Crippen LogP) is 2.85. The molecule has 6 bridgehead atoms. The van der Waals surface area contributed by atoms with E-state index in [1.165, 1.54) is 13.5 Å². The highest BCUT2D eigenvalue weighted by molar-refractivity contribution is 5.77. The Labute approximate surface area is 153 Å². The molecule has 7 rings (SSSR count).